The van der Waals surface area contributed by atoms with E-state index in [0.29, 0.717) is 6.04 Å². The van der Waals surface area contributed by atoms with Crippen molar-refractivity contribution in [3.8, 4) is 5.69 Å². The Balaban J connectivity index is 1.66. The van der Waals surface area contributed by atoms with Gasteiger partial charge < -0.3 is 5.32 Å². The van der Waals surface area contributed by atoms with Crippen LogP contribution in [-0.4, -0.2) is 21.5 Å². The molecular weight excluding hydrogens is 354 g/mol. The number of thioether (sulfide) groups is 1. The summed E-state index contributed by atoms with van der Waals surface area (Å²) in [5, 5.41) is 3.65. The molecule has 138 valence electrons. The Morgan fingerprint density at radius 3 is 2.67 bits per heavy atom. The molecule has 4 rings (SSSR count). The minimum atomic E-state index is -0.321. The van der Waals surface area contributed by atoms with Crippen molar-refractivity contribution in [2.24, 2.45) is 0 Å². The first-order chi connectivity index (χ1) is 13.1. The van der Waals surface area contributed by atoms with E-state index in [-0.39, 0.29) is 11.2 Å². The molecule has 1 heterocycles. The van der Waals surface area contributed by atoms with Gasteiger partial charge >= 0.3 is 0 Å². The summed E-state index contributed by atoms with van der Waals surface area (Å²) in [6.07, 6.45) is 5.91. The fourth-order valence-corrected chi connectivity index (χ4v) is 4.22. The second-order valence-electron chi connectivity index (χ2n) is 7.06. The maximum Gasteiger partial charge on any atom is 0.238 e. The number of carbonyl (C=O) groups excluding carboxylic acids is 1. The third-order valence-corrected chi connectivity index (χ3v) is 5.94. The summed E-state index contributed by atoms with van der Waals surface area (Å²) in [6, 6.07) is 16.7. The molecule has 0 aliphatic heterocycles. The van der Waals surface area contributed by atoms with E-state index in [1.807, 2.05) is 36.5 Å². The van der Waals surface area contributed by atoms with Crippen molar-refractivity contribution >= 4 is 17.7 Å². The molecule has 1 saturated carbocycles. The number of nitrogens with one attached hydrogen (secondary N) is 1. The number of aryl methyl sites for hydroxylation is 2. The average molecular weight is 378 g/mol. The number of rotatable bonds is 6. The quantitative estimate of drug-likeness (QED) is 0.639. The van der Waals surface area contributed by atoms with E-state index in [4.69, 9.17) is 0 Å². The van der Waals surface area contributed by atoms with Crippen molar-refractivity contribution in [1.82, 2.24) is 14.9 Å². The Bertz CT molecular complexity index is 947. The topological polar surface area (TPSA) is 46.9 Å². The Morgan fingerprint density at radius 1 is 1.19 bits per heavy atom. The molecule has 1 aliphatic rings. The maximum atomic E-state index is 12.9. The number of hydrogen-bond acceptors (Lipinski definition) is 3. The number of aromatic nitrogens is 2. The second-order valence-corrected chi connectivity index (χ2v) is 8.13. The van der Waals surface area contributed by atoms with Crippen LogP contribution in [0.2, 0.25) is 0 Å². The van der Waals surface area contributed by atoms with Gasteiger partial charge in [0.15, 0.2) is 5.16 Å². The highest BCUT2D eigenvalue weighted by atomic mass is 32.2. The molecule has 4 nitrogen and oxygen atoms in total. The Hall–Kier alpha value is -2.53. The first kappa shape index (κ1) is 17.9. The van der Waals surface area contributed by atoms with E-state index < -0.39 is 0 Å². The number of hydrogen-bond donors (Lipinski definition) is 1. The predicted molar refractivity (Wildman–Crippen MR) is 109 cm³/mol. The Morgan fingerprint density at radius 2 is 1.96 bits per heavy atom. The summed E-state index contributed by atoms with van der Waals surface area (Å²) >= 11 is 1.50. The lowest BCUT2D eigenvalue weighted by Crippen LogP contribution is -2.29. The summed E-state index contributed by atoms with van der Waals surface area (Å²) in [5.41, 5.74) is 4.51. The van der Waals surface area contributed by atoms with Crippen molar-refractivity contribution < 1.29 is 4.79 Å². The maximum absolute atomic E-state index is 12.9. The van der Waals surface area contributed by atoms with Crippen LogP contribution in [0.4, 0.5) is 0 Å². The van der Waals surface area contributed by atoms with Gasteiger partial charge in [-0.15, -0.1) is 0 Å². The van der Waals surface area contributed by atoms with E-state index in [1.165, 1.54) is 22.9 Å². The number of amides is 1. The van der Waals surface area contributed by atoms with Crippen molar-refractivity contribution in [3.05, 3.63) is 77.6 Å². The van der Waals surface area contributed by atoms with Crippen LogP contribution in [0.3, 0.4) is 0 Å². The van der Waals surface area contributed by atoms with Gasteiger partial charge in [0.05, 0.1) is 5.69 Å². The van der Waals surface area contributed by atoms with E-state index in [2.05, 4.69) is 46.9 Å². The molecule has 27 heavy (non-hydrogen) atoms. The first-order valence-electron chi connectivity index (χ1n) is 9.25. The molecule has 1 aliphatic carbocycles. The fraction of sp³-hybridized carbons (Fsp3) is 0.273. The van der Waals surface area contributed by atoms with Crippen molar-refractivity contribution in [3.63, 3.8) is 0 Å². The molecule has 1 atom stereocenters. The molecule has 5 heteroatoms. The number of benzene rings is 2. The van der Waals surface area contributed by atoms with Gasteiger partial charge in [-0.05, 0) is 43.9 Å². The van der Waals surface area contributed by atoms with Crippen molar-refractivity contribution in [2.75, 3.05) is 0 Å². The smallest absolute Gasteiger partial charge is 0.238 e. The highest BCUT2D eigenvalue weighted by molar-refractivity contribution is 8.00. The zero-order chi connectivity index (χ0) is 18.8. The van der Waals surface area contributed by atoms with Gasteiger partial charge in [-0.3, -0.25) is 9.36 Å². The molecule has 0 saturated heterocycles. The van der Waals surface area contributed by atoms with Gasteiger partial charge in [0.2, 0.25) is 5.91 Å². The molecule has 0 spiro atoms. The summed E-state index contributed by atoms with van der Waals surface area (Å²) in [7, 11) is 0. The van der Waals surface area contributed by atoms with Gasteiger partial charge in [0.1, 0.15) is 5.25 Å². The largest absolute Gasteiger partial charge is 0.352 e. The van der Waals surface area contributed by atoms with Crippen LogP contribution in [-0.2, 0) is 4.79 Å². The summed E-state index contributed by atoms with van der Waals surface area (Å²) in [5.74, 6) is 0.0591. The number of nitrogens with zero attached hydrogens (tertiary/aromatic N) is 2. The van der Waals surface area contributed by atoms with E-state index >= 15 is 0 Å². The average Bonchev–Trinajstić information content (AvgIpc) is 3.36. The third kappa shape index (κ3) is 4.08. The lowest BCUT2D eigenvalue weighted by atomic mass is 10.1. The minimum Gasteiger partial charge on any atom is -0.352 e. The SMILES string of the molecule is Cc1ccc(-n2ccnc2SC(C(=O)NC2CC2)c2ccccc2)c(C)c1. The van der Waals surface area contributed by atoms with E-state index in [1.54, 1.807) is 6.20 Å². The van der Waals surface area contributed by atoms with Crippen molar-refractivity contribution in [1.29, 1.82) is 0 Å². The number of carbonyl (C=O) groups is 1. The van der Waals surface area contributed by atoms with E-state index in [0.717, 1.165) is 29.2 Å². The summed E-state index contributed by atoms with van der Waals surface area (Å²) in [4.78, 5) is 17.5. The third-order valence-electron chi connectivity index (χ3n) is 4.71. The molecule has 1 aromatic heterocycles. The molecule has 0 bridgehead atoms. The molecule has 1 N–H and O–H groups in total. The Labute approximate surface area is 164 Å². The lowest BCUT2D eigenvalue weighted by Gasteiger charge is -2.18. The molecule has 2 aromatic carbocycles. The number of imidazole rings is 1. The van der Waals surface area contributed by atoms with Gasteiger partial charge in [0, 0.05) is 18.4 Å². The minimum absolute atomic E-state index is 0.0591. The molecular formula is C22H23N3OS. The van der Waals surface area contributed by atoms with Gasteiger partial charge in [-0.1, -0.05) is 59.8 Å². The highest BCUT2D eigenvalue weighted by Crippen LogP contribution is 2.37. The first-order valence-corrected chi connectivity index (χ1v) is 10.1. The zero-order valence-electron chi connectivity index (χ0n) is 15.6. The van der Waals surface area contributed by atoms with Crippen LogP contribution in [0.1, 0.15) is 34.8 Å². The fourth-order valence-electron chi connectivity index (χ4n) is 3.15. The summed E-state index contributed by atoms with van der Waals surface area (Å²) in [6.45, 7) is 4.19. The van der Waals surface area contributed by atoms with Crippen LogP contribution in [0.5, 0.6) is 0 Å². The molecule has 3 aromatic rings. The van der Waals surface area contributed by atoms with Crippen LogP contribution in [0.15, 0.2) is 66.1 Å². The normalized spacial score (nSPS) is 14.7. The molecule has 1 fully saturated rings. The lowest BCUT2D eigenvalue weighted by molar-refractivity contribution is -0.120. The molecule has 1 amide bonds. The van der Waals surface area contributed by atoms with Crippen molar-refractivity contribution in [2.45, 2.75) is 43.1 Å². The van der Waals surface area contributed by atoms with E-state index in [9.17, 15) is 4.79 Å². The highest BCUT2D eigenvalue weighted by Gasteiger charge is 2.30. The summed E-state index contributed by atoms with van der Waals surface area (Å²) < 4.78 is 2.07. The Kier molecular flexibility index (Phi) is 5.03. The van der Waals surface area contributed by atoms with Gasteiger partial charge in [-0.25, -0.2) is 4.98 Å². The van der Waals surface area contributed by atoms with Crippen LogP contribution in [0, 0.1) is 13.8 Å². The van der Waals surface area contributed by atoms with Gasteiger partial charge in [0.25, 0.3) is 0 Å². The second kappa shape index (κ2) is 7.61. The zero-order valence-corrected chi connectivity index (χ0v) is 16.4. The van der Waals surface area contributed by atoms with Gasteiger partial charge in [-0.2, -0.15) is 0 Å². The van der Waals surface area contributed by atoms with Crippen LogP contribution in [0.25, 0.3) is 5.69 Å². The van der Waals surface area contributed by atoms with Crippen LogP contribution < -0.4 is 5.32 Å². The standard InChI is InChI=1S/C22H23N3OS/c1-15-8-11-19(16(2)14-15)25-13-12-23-22(25)27-20(17-6-4-3-5-7-17)21(26)24-18-9-10-18/h3-8,11-14,18,20H,9-10H2,1-2H3,(H,24,26). The molecule has 1 unspecified atom stereocenters. The predicted octanol–water partition coefficient (Wildman–Crippen LogP) is 4.60. The van der Waals surface area contributed by atoms with Crippen LogP contribution >= 0.6 is 11.8 Å². The molecule has 0 radical (unpaired) electrons. The monoisotopic (exact) mass is 377 g/mol.